The number of hydrogen-bond donors (Lipinski definition) is 1. The van der Waals surface area contributed by atoms with Crippen molar-refractivity contribution in [1.82, 2.24) is 0 Å². The van der Waals surface area contributed by atoms with Crippen LogP contribution in [0.1, 0.15) is 25.3 Å². The zero-order valence-corrected chi connectivity index (χ0v) is 11.4. The monoisotopic (exact) mass is 251 g/mol. The van der Waals surface area contributed by atoms with Crippen LogP contribution in [0.3, 0.4) is 0 Å². The molecule has 0 aliphatic heterocycles. The van der Waals surface area contributed by atoms with Crippen LogP contribution >= 0.6 is 0 Å². The number of benzene rings is 1. The fourth-order valence-corrected chi connectivity index (χ4v) is 2.53. The highest BCUT2D eigenvalue weighted by Crippen LogP contribution is 2.55. The first kappa shape index (κ1) is 13.0. The van der Waals surface area contributed by atoms with E-state index in [1.54, 1.807) is 21.3 Å². The molecule has 1 aromatic rings. The fraction of sp³-hybridized carbons (Fsp3) is 0.571. The van der Waals surface area contributed by atoms with E-state index < -0.39 is 0 Å². The third-order valence-electron chi connectivity index (χ3n) is 3.88. The van der Waals surface area contributed by atoms with Gasteiger partial charge in [-0.05, 0) is 25.8 Å². The largest absolute Gasteiger partial charge is 0.497 e. The van der Waals surface area contributed by atoms with Gasteiger partial charge in [-0.25, -0.2) is 0 Å². The Labute approximate surface area is 108 Å². The molecule has 1 fully saturated rings. The Bertz CT molecular complexity index is 439. The maximum absolute atomic E-state index is 6.13. The van der Waals surface area contributed by atoms with Crippen molar-refractivity contribution >= 4 is 0 Å². The quantitative estimate of drug-likeness (QED) is 0.870. The van der Waals surface area contributed by atoms with Crippen molar-refractivity contribution in [2.24, 2.45) is 5.73 Å². The summed E-state index contributed by atoms with van der Waals surface area (Å²) in [5.74, 6) is 2.24. The SMILES string of the molecule is COc1cc(OC)c(OC)c(C2(C(C)N)CC2)c1. The second kappa shape index (κ2) is 4.69. The molecule has 2 N–H and O–H groups in total. The number of hydrogen-bond acceptors (Lipinski definition) is 4. The van der Waals surface area contributed by atoms with Gasteiger partial charge in [-0.3, -0.25) is 0 Å². The fourth-order valence-electron chi connectivity index (χ4n) is 2.53. The van der Waals surface area contributed by atoms with E-state index in [1.165, 1.54) is 0 Å². The second-order valence-electron chi connectivity index (χ2n) is 4.86. The topological polar surface area (TPSA) is 53.7 Å². The molecule has 18 heavy (non-hydrogen) atoms. The zero-order chi connectivity index (χ0) is 13.3. The third kappa shape index (κ3) is 1.90. The van der Waals surface area contributed by atoms with Crippen molar-refractivity contribution in [2.75, 3.05) is 21.3 Å². The number of nitrogens with two attached hydrogens (primary N) is 1. The Morgan fingerprint density at radius 3 is 2.17 bits per heavy atom. The summed E-state index contributed by atoms with van der Waals surface area (Å²) in [7, 11) is 4.94. The van der Waals surface area contributed by atoms with E-state index >= 15 is 0 Å². The van der Waals surface area contributed by atoms with Gasteiger partial charge in [0.05, 0.1) is 21.3 Å². The Kier molecular flexibility index (Phi) is 3.39. The molecule has 1 aliphatic carbocycles. The van der Waals surface area contributed by atoms with Crippen molar-refractivity contribution < 1.29 is 14.2 Å². The molecule has 1 saturated carbocycles. The maximum atomic E-state index is 6.13. The average Bonchev–Trinajstić information content (AvgIpc) is 3.18. The first-order valence-corrected chi connectivity index (χ1v) is 6.15. The molecule has 1 aromatic carbocycles. The van der Waals surface area contributed by atoms with Crippen molar-refractivity contribution in [3.8, 4) is 17.2 Å². The molecule has 1 atom stereocenters. The molecular weight excluding hydrogens is 230 g/mol. The number of ether oxygens (including phenoxy) is 3. The van der Waals surface area contributed by atoms with Crippen LogP contribution in [0.2, 0.25) is 0 Å². The van der Waals surface area contributed by atoms with Crippen molar-refractivity contribution in [2.45, 2.75) is 31.2 Å². The predicted octanol–water partition coefficient (Wildman–Crippen LogP) is 2.09. The van der Waals surface area contributed by atoms with Crippen LogP contribution in [0.4, 0.5) is 0 Å². The highest BCUT2D eigenvalue weighted by molar-refractivity contribution is 5.57. The van der Waals surface area contributed by atoms with Crippen LogP contribution in [-0.4, -0.2) is 27.4 Å². The zero-order valence-electron chi connectivity index (χ0n) is 11.4. The van der Waals surface area contributed by atoms with Crippen molar-refractivity contribution in [3.63, 3.8) is 0 Å². The lowest BCUT2D eigenvalue weighted by Crippen LogP contribution is -2.32. The van der Waals surface area contributed by atoms with Gasteiger partial charge in [0.2, 0.25) is 0 Å². The van der Waals surface area contributed by atoms with Gasteiger partial charge in [-0.15, -0.1) is 0 Å². The Morgan fingerprint density at radius 1 is 1.11 bits per heavy atom. The molecule has 0 amide bonds. The standard InChI is InChI=1S/C14H21NO3/c1-9(15)14(5-6-14)11-7-10(16-2)8-12(17-3)13(11)18-4/h7-9H,5-6,15H2,1-4H3. The van der Waals surface area contributed by atoms with E-state index in [1.807, 2.05) is 19.1 Å². The molecular formula is C14H21NO3. The molecule has 0 aromatic heterocycles. The highest BCUT2D eigenvalue weighted by atomic mass is 16.5. The highest BCUT2D eigenvalue weighted by Gasteiger charge is 2.50. The summed E-state index contributed by atoms with van der Waals surface area (Å²) in [5, 5.41) is 0. The molecule has 0 heterocycles. The van der Waals surface area contributed by atoms with E-state index in [-0.39, 0.29) is 11.5 Å². The molecule has 100 valence electrons. The minimum Gasteiger partial charge on any atom is -0.497 e. The minimum absolute atomic E-state index is 0.00711. The lowest BCUT2D eigenvalue weighted by molar-refractivity contribution is 0.339. The van der Waals surface area contributed by atoms with Crippen LogP contribution in [0, 0.1) is 0 Å². The van der Waals surface area contributed by atoms with Crippen LogP contribution in [0.5, 0.6) is 17.2 Å². The van der Waals surface area contributed by atoms with Gasteiger partial charge >= 0.3 is 0 Å². The van der Waals surface area contributed by atoms with Gasteiger partial charge in [0.1, 0.15) is 5.75 Å². The Morgan fingerprint density at radius 2 is 1.78 bits per heavy atom. The molecule has 0 radical (unpaired) electrons. The van der Waals surface area contributed by atoms with E-state index in [0.717, 1.165) is 29.9 Å². The lowest BCUT2D eigenvalue weighted by Gasteiger charge is -2.24. The summed E-state index contributed by atoms with van der Waals surface area (Å²) >= 11 is 0. The molecule has 1 unspecified atom stereocenters. The van der Waals surface area contributed by atoms with Gasteiger partial charge in [0.15, 0.2) is 11.5 Å². The first-order valence-electron chi connectivity index (χ1n) is 6.15. The molecule has 1 aliphatic rings. The average molecular weight is 251 g/mol. The summed E-state index contributed by atoms with van der Waals surface area (Å²) < 4.78 is 16.2. The second-order valence-corrected chi connectivity index (χ2v) is 4.86. The van der Waals surface area contributed by atoms with Gasteiger partial charge in [0.25, 0.3) is 0 Å². The van der Waals surface area contributed by atoms with E-state index in [2.05, 4.69) is 0 Å². The normalized spacial score (nSPS) is 18.1. The minimum atomic E-state index is 0.00711. The van der Waals surface area contributed by atoms with Gasteiger partial charge < -0.3 is 19.9 Å². The molecule has 0 spiro atoms. The van der Waals surface area contributed by atoms with Crippen LogP contribution in [-0.2, 0) is 5.41 Å². The summed E-state index contributed by atoms with van der Waals surface area (Å²) in [6, 6.07) is 3.93. The van der Waals surface area contributed by atoms with Crippen LogP contribution in [0.15, 0.2) is 12.1 Å². The van der Waals surface area contributed by atoms with Gasteiger partial charge in [-0.2, -0.15) is 0 Å². The number of rotatable bonds is 5. The summed E-state index contributed by atoms with van der Waals surface area (Å²) in [4.78, 5) is 0. The number of methoxy groups -OCH3 is 3. The summed E-state index contributed by atoms with van der Waals surface area (Å²) in [6.45, 7) is 2.04. The third-order valence-corrected chi connectivity index (χ3v) is 3.88. The van der Waals surface area contributed by atoms with E-state index in [4.69, 9.17) is 19.9 Å². The molecule has 0 bridgehead atoms. The molecule has 2 rings (SSSR count). The Balaban J connectivity index is 2.57. The maximum Gasteiger partial charge on any atom is 0.164 e. The van der Waals surface area contributed by atoms with Gasteiger partial charge in [-0.1, -0.05) is 0 Å². The molecule has 0 saturated heterocycles. The van der Waals surface area contributed by atoms with Crippen molar-refractivity contribution in [3.05, 3.63) is 17.7 Å². The van der Waals surface area contributed by atoms with E-state index in [0.29, 0.717) is 5.75 Å². The van der Waals surface area contributed by atoms with Crippen molar-refractivity contribution in [1.29, 1.82) is 0 Å². The van der Waals surface area contributed by atoms with Gasteiger partial charge in [0, 0.05) is 23.1 Å². The predicted molar refractivity (Wildman–Crippen MR) is 70.7 cm³/mol. The molecule has 4 heteroatoms. The first-order chi connectivity index (χ1) is 8.58. The smallest absolute Gasteiger partial charge is 0.164 e. The Hall–Kier alpha value is -1.42. The van der Waals surface area contributed by atoms with E-state index in [9.17, 15) is 0 Å². The lowest BCUT2D eigenvalue weighted by atomic mass is 9.88. The van der Waals surface area contributed by atoms with Crippen LogP contribution < -0.4 is 19.9 Å². The summed E-state index contributed by atoms with van der Waals surface area (Å²) in [6.07, 6.45) is 2.16. The molecule has 4 nitrogen and oxygen atoms in total. The van der Waals surface area contributed by atoms with Crippen LogP contribution in [0.25, 0.3) is 0 Å². The summed E-state index contributed by atoms with van der Waals surface area (Å²) in [5.41, 5.74) is 7.23.